The molecule has 0 aliphatic heterocycles. The maximum Gasteiger partial charge on any atom is 0.277 e. The topological polar surface area (TPSA) is 80.9 Å². The van der Waals surface area contributed by atoms with Crippen molar-refractivity contribution in [2.45, 2.75) is 24.0 Å². The van der Waals surface area contributed by atoms with E-state index in [4.69, 9.17) is 4.42 Å². The highest BCUT2D eigenvalue weighted by Gasteiger charge is 2.29. The molecule has 1 aliphatic carbocycles. The number of carbonyl (C=O) groups excluding carboxylic acids is 1. The predicted molar refractivity (Wildman–Crippen MR) is 92.9 cm³/mol. The van der Waals surface area contributed by atoms with Crippen LogP contribution in [0.3, 0.4) is 0 Å². The predicted octanol–water partition coefficient (Wildman–Crippen LogP) is 4.05. The average molecular weight is 411 g/mol. The summed E-state index contributed by atoms with van der Waals surface area (Å²) < 4.78 is 7.52. The number of thioether (sulfide) groups is 1. The van der Waals surface area contributed by atoms with Crippen LogP contribution >= 0.6 is 39.0 Å². The van der Waals surface area contributed by atoms with Crippen LogP contribution in [-0.2, 0) is 4.79 Å². The van der Waals surface area contributed by atoms with Gasteiger partial charge in [0.05, 0.1) is 16.0 Å². The van der Waals surface area contributed by atoms with Gasteiger partial charge in [0.15, 0.2) is 5.13 Å². The summed E-state index contributed by atoms with van der Waals surface area (Å²) in [4.78, 5) is 16.4. The molecule has 2 heterocycles. The van der Waals surface area contributed by atoms with Crippen molar-refractivity contribution in [2.75, 3.05) is 11.1 Å². The zero-order valence-electron chi connectivity index (χ0n) is 11.8. The Hall–Kier alpha value is -1.45. The smallest absolute Gasteiger partial charge is 0.277 e. The van der Waals surface area contributed by atoms with E-state index in [1.807, 2.05) is 18.2 Å². The third kappa shape index (κ3) is 3.56. The number of halogens is 1. The Morgan fingerprint density at radius 2 is 2.30 bits per heavy atom. The summed E-state index contributed by atoms with van der Waals surface area (Å²) >= 11 is 6.11. The standard InChI is InChI=1S/C14H11BrN4O2S2/c15-8-3-4-9-10(5-8)23-13(16-9)17-11(20)6-22-14-19-18-12(21-14)7-1-2-7/h3-5,7H,1-2,6H2,(H,16,17,20). The van der Waals surface area contributed by atoms with Gasteiger partial charge in [-0.2, -0.15) is 0 Å². The molecule has 118 valence electrons. The first-order valence-corrected chi connectivity index (χ1v) is 9.59. The number of aromatic nitrogens is 3. The highest BCUT2D eigenvalue weighted by Crippen LogP contribution is 2.39. The first-order chi connectivity index (χ1) is 11.2. The number of benzene rings is 1. The number of carbonyl (C=O) groups is 1. The molecule has 9 heteroatoms. The van der Waals surface area contributed by atoms with Gasteiger partial charge in [-0.05, 0) is 31.0 Å². The molecule has 0 bridgehead atoms. The number of thiazole rings is 1. The van der Waals surface area contributed by atoms with Crippen molar-refractivity contribution >= 4 is 60.3 Å². The van der Waals surface area contributed by atoms with Gasteiger partial charge in [0, 0.05) is 10.4 Å². The van der Waals surface area contributed by atoms with Crippen LogP contribution in [0.4, 0.5) is 5.13 Å². The Labute approximate surface area is 148 Å². The van der Waals surface area contributed by atoms with E-state index in [-0.39, 0.29) is 11.7 Å². The summed E-state index contributed by atoms with van der Waals surface area (Å²) in [6, 6.07) is 5.82. The lowest BCUT2D eigenvalue weighted by atomic mass is 10.3. The molecule has 2 aromatic heterocycles. The Kier molecular flexibility index (Phi) is 4.08. The molecule has 0 spiro atoms. The summed E-state index contributed by atoms with van der Waals surface area (Å²) in [5.74, 6) is 1.18. The normalized spacial score (nSPS) is 14.3. The fourth-order valence-electron chi connectivity index (χ4n) is 2.01. The summed E-state index contributed by atoms with van der Waals surface area (Å²) in [6.45, 7) is 0. The Balaban J connectivity index is 1.36. The van der Waals surface area contributed by atoms with Crippen LogP contribution < -0.4 is 5.32 Å². The van der Waals surface area contributed by atoms with Crippen molar-refractivity contribution in [1.82, 2.24) is 15.2 Å². The number of fused-ring (bicyclic) bond motifs is 1. The number of hydrogen-bond donors (Lipinski definition) is 1. The third-order valence-electron chi connectivity index (χ3n) is 3.27. The number of amides is 1. The molecule has 0 atom stereocenters. The lowest BCUT2D eigenvalue weighted by molar-refractivity contribution is -0.113. The molecule has 4 rings (SSSR count). The number of nitrogens with one attached hydrogen (secondary N) is 1. The molecule has 6 nitrogen and oxygen atoms in total. The van der Waals surface area contributed by atoms with Gasteiger partial charge in [-0.1, -0.05) is 39.0 Å². The highest BCUT2D eigenvalue weighted by atomic mass is 79.9. The molecule has 1 saturated carbocycles. The molecule has 1 amide bonds. The first kappa shape index (κ1) is 15.1. The van der Waals surface area contributed by atoms with Crippen LogP contribution in [0.15, 0.2) is 32.3 Å². The molecule has 1 aromatic carbocycles. The zero-order valence-corrected chi connectivity index (χ0v) is 15.0. The Morgan fingerprint density at radius 1 is 1.43 bits per heavy atom. The third-order valence-corrected chi connectivity index (χ3v) is 5.52. The van der Waals surface area contributed by atoms with Crippen LogP contribution in [0.2, 0.25) is 0 Å². The van der Waals surface area contributed by atoms with E-state index in [1.165, 1.54) is 23.1 Å². The molecule has 1 fully saturated rings. The van der Waals surface area contributed by atoms with E-state index >= 15 is 0 Å². The van der Waals surface area contributed by atoms with E-state index in [1.54, 1.807) is 0 Å². The molecule has 1 aliphatic rings. The van der Waals surface area contributed by atoms with Crippen molar-refractivity contribution in [3.63, 3.8) is 0 Å². The SMILES string of the molecule is O=C(CSc1nnc(C2CC2)o1)Nc1nc2ccc(Br)cc2s1. The number of nitrogens with zero attached hydrogens (tertiary/aromatic N) is 3. The quantitative estimate of drug-likeness (QED) is 0.638. The van der Waals surface area contributed by atoms with Crippen molar-refractivity contribution in [3.8, 4) is 0 Å². The molecule has 23 heavy (non-hydrogen) atoms. The molecular weight excluding hydrogens is 400 g/mol. The number of rotatable bonds is 5. The maximum atomic E-state index is 12.0. The minimum absolute atomic E-state index is 0.140. The summed E-state index contributed by atoms with van der Waals surface area (Å²) in [5, 5.41) is 11.8. The summed E-state index contributed by atoms with van der Waals surface area (Å²) in [5.41, 5.74) is 0.868. The fraction of sp³-hybridized carbons (Fsp3) is 0.286. The number of anilines is 1. The molecular formula is C14H11BrN4O2S2. The maximum absolute atomic E-state index is 12.0. The monoisotopic (exact) mass is 410 g/mol. The van der Waals surface area contributed by atoms with E-state index in [2.05, 4.69) is 36.4 Å². The van der Waals surface area contributed by atoms with Crippen LogP contribution in [0.5, 0.6) is 0 Å². The second-order valence-electron chi connectivity index (χ2n) is 5.15. The number of hydrogen-bond acceptors (Lipinski definition) is 7. The van der Waals surface area contributed by atoms with Crippen LogP contribution in [0, 0.1) is 0 Å². The van der Waals surface area contributed by atoms with Gasteiger partial charge in [-0.15, -0.1) is 10.2 Å². The summed E-state index contributed by atoms with van der Waals surface area (Å²) in [6.07, 6.45) is 2.22. The van der Waals surface area contributed by atoms with Gasteiger partial charge in [0.2, 0.25) is 11.8 Å². The van der Waals surface area contributed by atoms with Crippen LogP contribution in [-0.4, -0.2) is 26.8 Å². The molecule has 0 radical (unpaired) electrons. The average Bonchev–Trinajstić information content (AvgIpc) is 3.13. The van der Waals surface area contributed by atoms with Gasteiger partial charge in [0.25, 0.3) is 5.22 Å². The van der Waals surface area contributed by atoms with Crippen molar-refractivity contribution in [2.24, 2.45) is 0 Å². The minimum atomic E-state index is -0.140. The van der Waals surface area contributed by atoms with E-state index in [0.717, 1.165) is 27.5 Å². The molecule has 3 aromatic rings. The second kappa shape index (κ2) is 6.21. The van der Waals surface area contributed by atoms with Crippen LogP contribution in [0.25, 0.3) is 10.2 Å². The largest absolute Gasteiger partial charge is 0.416 e. The van der Waals surface area contributed by atoms with Crippen LogP contribution in [0.1, 0.15) is 24.7 Å². The highest BCUT2D eigenvalue weighted by molar-refractivity contribution is 9.10. The lowest BCUT2D eigenvalue weighted by Gasteiger charge is -1.98. The minimum Gasteiger partial charge on any atom is -0.416 e. The van der Waals surface area contributed by atoms with Gasteiger partial charge >= 0.3 is 0 Å². The summed E-state index contributed by atoms with van der Waals surface area (Å²) in [7, 11) is 0. The van der Waals surface area contributed by atoms with Gasteiger partial charge in [0.1, 0.15) is 0 Å². The van der Waals surface area contributed by atoms with Crippen molar-refractivity contribution in [1.29, 1.82) is 0 Å². The molecule has 1 N–H and O–H groups in total. The molecule has 0 saturated heterocycles. The van der Waals surface area contributed by atoms with Gasteiger partial charge < -0.3 is 9.73 Å². The fourth-order valence-corrected chi connectivity index (χ4v) is 4.01. The van der Waals surface area contributed by atoms with E-state index in [9.17, 15) is 4.79 Å². The van der Waals surface area contributed by atoms with E-state index < -0.39 is 0 Å². The second-order valence-corrected chi connectivity index (χ2v) is 8.02. The Bertz CT molecular complexity index is 875. The lowest BCUT2D eigenvalue weighted by Crippen LogP contribution is -2.13. The van der Waals surface area contributed by atoms with Gasteiger partial charge in [-0.3, -0.25) is 4.79 Å². The first-order valence-electron chi connectivity index (χ1n) is 6.99. The Morgan fingerprint density at radius 3 is 3.13 bits per heavy atom. The molecule has 0 unspecified atom stereocenters. The van der Waals surface area contributed by atoms with Gasteiger partial charge in [-0.25, -0.2) is 4.98 Å². The van der Waals surface area contributed by atoms with Crippen molar-refractivity contribution < 1.29 is 9.21 Å². The van der Waals surface area contributed by atoms with Crippen molar-refractivity contribution in [3.05, 3.63) is 28.6 Å². The van der Waals surface area contributed by atoms with E-state index in [0.29, 0.717) is 22.2 Å². The zero-order chi connectivity index (χ0) is 15.8.